The van der Waals surface area contributed by atoms with E-state index in [2.05, 4.69) is 10.6 Å². The van der Waals surface area contributed by atoms with Gasteiger partial charge in [0.1, 0.15) is 0 Å². The maximum absolute atomic E-state index is 12.8. The third-order valence-electron chi connectivity index (χ3n) is 7.47. The Hall–Kier alpha value is -2.96. The molecule has 0 aliphatic rings. The first-order chi connectivity index (χ1) is 24.7. The molecule has 0 bridgehead atoms. The summed E-state index contributed by atoms with van der Waals surface area (Å²) in [6.07, 6.45) is -3.17. The van der Waals surface area contributed by atoms with Crippen LogP contribution in [0.1, 0.15) is 89.5 Å². The van der Waals surface area contributed by atoms with E-state index in [0.717, 1.165) is 6.42 Å². The summed E-state index contributed by atoms with van der Waals surface area (Å²) in [4.78, 5) is 73.7. The molecule has 53 heavy (non-hydrogen) atoms. The zero-order valence-electron chi connectivity index (χ0n) is 33.4. The van der Waals surface area contributed by atoms with Crippen molar-refractivity contribution in [2.75, 3.05) is 51.0 Å². The van der Waals surface area contributed by atoms with Crippen LogP contribution in [-0.2, 0) is 56.0 Å². The van der Waals surface area contributed by atoms with Crippen LogP contribution in [0.25, 0.3) is 0 Å². The van der Waals surface area contributed by atoms with Crippen LogP contribution < -0.4 is 10.6 Å². The monoisotopic (exact) mass is 798 g/mol. The zero-order valence-corrected chi connectivity index (χ0v) is 35.0. The van der Waals surface area contributed by atoms with E-state index in [0.29, 0.717) is 11.5 Å². The van der Waals surface area contributed by atoms with Crippen LogP contribution in [0.5, 0.6) is 0 Å². The lowest BCUT2D eigenvalue weighted by atomic mass is 9.79. The number of hydrogen-bond donors (Lipinski definition) is 2. The number of esters is 4. The Bertz CT molecular complexity index is 1070. The lowest BCUT2D eigenvalue weighted by Gasteiger charge is -2.32. The fourth-order valence-electron chi connectivity index (χ4n) is 4.13. The largest absolute Gasteiger partial charge is 0.466 e. The number of carbonyl (C=O) groups excluding carboxylic acids is 6. The maximum Gasteiger partial charge on any atom is 0.410 e. The maximum atomic E-state index is 12.8. The number of alkyl carbamates (subject to hydrolysis) is 2. The van der Waals surface area contributed by atoms with Crippen LogP contribution in [0, 0.1) is 34.5 Å². The van der Waals surface area contributed by atoms with Gasteiger partial charge in [-0.25, -0.2) is 9.59 Å². The molecule has 3 unspecified atom stereocenters. The van der Waals surface area contributed by atoms with E-state index >= 15 is 0 Å². The quantitative estimate of drug-likeness (QED) is 0.0357. The standard InChI is InChI=1S/C35H62N2O14S2/c1-13-44-30(40)26(18-36-32(42)50-24(7)48-28(38)22(3)4)34(9,10)20-46-52-16-15-17-53-47-21-35(11,12)27(31(41)45-14-2)19-37-33(43)51-25(8)49-29(39)23(5)6/h22-27H,13-21H2,1-12H3,(H,36,42)(H,37,43)/t24?,25?,26-,27?/m0/s1. The molecule has 0 radical (unpaired) electrons. The topological polar surface area (TPSA) is 200 Å². The van der Waals surface area contributed by atoms with Gasteiger partial charge in [-0.2, -0.15) is 0 Å². The SMILES string of the molecule is CCOC(=O)C(CNC(=O)OC(C)OC(=O)C(C)C)C(C)(C)COSCCCSOCC(C)(C)[C@@H](CNC(=O)OC(C)OC(=O)C(C)C)C(=O)OCC. The predicted octanol–water partition coefficient (Wildman–Crippen LogP) is 5.66. The molecule has 0 aromatic rings. The molecular weight excluding hydrogens is 737 g/mol. The summed E-state index contributed by atoms with van der Waals surface area (Å²) in [5, 5.41) is 5.10. The Morgan fingerprint density at radius 1 is 0.547 bits per heavy atom. The molecule has 0 spiro atoms. The molecule has 0 aromatic carbocycles. The summed E-state index contributed by atoms with van der Waals surface area (Å²) in [6, 6.07) is 0. The van der Waals surface area contributed by atoms with Crippen molar-refractivity contribution < 1.29 is 65.6 Å². The number of hydrogen-bond acceptors (Lipinski definition) is 16. The highest BCUT2D eigenvalue weighted by molar-refractivity contribution is 7.95. The van der Waals surface area contributed by atoms with Gasteiger partial charge in [-0.15, -0.1) is 0 Å². The van der Waals surface area contributed by atoms with Gasteiger partial charge >= 0.3 is 36.1 Å². The predicted molar refractivity (Wildman–Crippen MR) is 199 cm³/mol. The van der Waals surface area contributed by atoms with Gasteiger partial charge in [-0.1, -0.05) is 55.4 Å². The Labute approximate surface area is 323 Å². The minimum Gasteiger partial charge on any atom is -0.466 e. The second kappa shape index (κ2) is 26.0. The van der Waals surface area contributed by atoms with Crippen LogP contribution in [0.15, 0.2) is 0 Å². The van der Waals surface area contributed by atoms with E-state index < -0.39 is 71.3 Å². The average molecular weight is 799 g/mol. The molecule has 0 fully saturated rings. The highest BCUT2D eigenvalue weighted by atomic mass is 32.2. The normalized spacial score (nSPS) is 14.0. The molecule has 16 nitrogen and oxygen atoms in total. The summed E-state index contributed by atoms with van der Waals surface area (Å²) < 4.78 is 42.4. The van der Waals surface area contributed by atoms with Crippen LogP contribution in [0.2, 0.25) is 0 Å². The van der Waals surface area contributed by atoms with Gasteiger partial charge in [0, 0.05) is 49.3 Å². The van der Waals surface area contributed by atoms with Gasteiger partial charge in [-0.3, -0.25) is 19.2 Å². The molecule has 2 amide bonds. The molecule has 0 heterocycles. The lowest BCUT2D eigenvalue weighted by molar-refractivity contribution is -0.170. The van der Waals surface area contributed by atoms with Crippen molar-refractivity contribution in [1.29, 1.82) is 0 Å². The molecular formula is C35H62N2O14S2. The first-order valence-corrected chi connectivity index (χ1v) is 19.6. The fraction of sp³-hybridized carbons (Fsp3) is 0.829. The van der Waals surface area contributed by atoms with Crippen molar-refractivity contribution in [3.8, 4) is 0 Å². The molecule has 18 heteroatoms. The number of ether oxygens (including phenoxy) is 6. The molecule has 2 N–H and O–H groups in total. The minimum atomic E-state index is -1.10. The van der Waals surface area contributed by atoms with E-state index in [-0.39, 0.29) is 51.4 Å². The zero-order chi connectivity index (χ0) is 40.8. The van der Waals surface area contributed by atoms with Gasteiger partial charge in [-0.05, 0) is 44.4 Å². The average Bonchev–Trinajstić information content (AvgIpc) is 3.03. The van der Waals surface area contributed by atoms with E-state index in [1.807, 2.05) is 27.7 Å². The summed E-state index contributed by atoms with van der Waals surface area (Å²) >= 11 is 2.47. The summed E-state index contributed by atoms with van der Waals surface area (Å²) in [6.45, 7) is 20.7. The van der Waals surface area contributed by atoms with Crippen LogP contribution in [0.4, 0.5) is 9.59 Å². The number of nitrogens with one attached hydrogen (secondary N) is 2. The highest BCUT2D eigenvalue weighted by Gasteiger charge is 2.39. The number of carbonyl (C=O) groups is 6. The molecule has 308 valence electrons. The Kier molecular flexibility index (Phi) is 24.5. The van der Waals surface area contributed by atoms with E-state index in [1.54, 1.807) is 41.5 Å². The molecule has 0 rings (SSSR count). The smallest absolute Gasteiger partial charge is 0.410 e. The van der Waals surface area contributed by atoms with E-state index in [4.69, 9.17) is 36.8 Å². The number of rotatable bonds is 26. The molecule has 0 aliphatic heterocycles. The Morgan fingerprint density at radius 3 is 1.19 bits per heavy atom. The van der Waals surface area contributed by atoms with Crippen molar-refractivity contribution in [2.24, 2.45) is 34.5 Å². The van der Waals surface area contributed by atoms with Crippen LogP contribution >= 0.6 is 24.1 Å². The van der Waals surface area contributed by atoms with Crippen molar-refractivity contribution in [2.45, 2.75) is 102 Å². The second-order valence-electron chi connectivity index (χ2n) is 14.0. The van der Waals surface area contributed by atoms with Gasteiger partial charge in [0.15, 0.2) is 0 Å². The van der Waals surface area contributed by atoms with Gasteiger partial charge in [0.05, 0.1) is 50.1 Å². The van der Waals surface area contributed by atoms with Gasteiger partial charge in [0.2, 0.25) is 12.6 Å². The number of amides is 2. The van der Waals surface area contributed by atoms with Crippen LogP contribution in [0.3, 0.4) is 0 Å². The van der Waals surface area contributed by atoms with Crippen molar-refractivity contribution in [3.05, 3.63) is 0 Å². The highest BCUT2D eigenvalue weighted by Crippen LogP contribution is 2.31. The Morgan fingerprint density at radius 2 is 0.887 bits per heavy atom. The third-order valence-corrected chi connectivity index (χ3v) is 8.95. The van der Waals surface area contributed by atoms with Crippen LogP contribution in [-0.4, -0.2) is 99.7 Å². The van der Waals surface area contributed by atoms with Crippen molar-refractivity contribution in [3.63, 3.8) is 0 Å². The third kappa shape index (κ3) is 21.5. The van der Waals surface area contributed by atoms with E-state index in [9.17, 15) is 28.8 Å². The molecule has 0 aliphatic carbocycles. The first kappa shape index (κ1) is 50.0. The van der Waals surface area contributed by atoms with Gasteiger partial charge in [0.25, 0.3) is 0 Å². The molecule has 0 saturated heterocycles. The molecule has 4 atom stereocenters. The fourth-order valence-corrected chi connectivity index (χ4v) is 5.85. The first-order valence-electron chi connectivity index (χ1n) is 17.8. The molecule has 0 saturated carbocycles. The second-order valence-corrected chi connectivity index (χ2v) is 15.8. The summed E-state index contributed by atoms with van der Waals surface area (Å²) in [7, 11) is 0. The summed E-state index contributed by atoms with van der Waals surface area (Å²) in [5.74, 6) is -3.03. The molecule has 0 aromatic heterocycles. The lowest BCUT2D eigenvalue weighted by Crippen LogP contribution is -2.44. The van der Waals surface area contributed by atoms with Crippen molar-refractivity contribution in [1.82, 2.24) is 10.6 Å². The Balaban J connectivity index is 4.80. The van der Waals surface area contributed by atoms with Gasteiger partial charge < -0.3 is 47.4 Å². The summed E-state index contributed by atoms with van der Waals surface area (Å²) in [5.41, 5.74) is -1.46. The van der Waals surface area contributed by atoms with E-state index in [1.165, 1.54) is 37.9 Å². The minimum absolute atomic E-state index is 0.0835. The van der Waals surface area contributed by atoms with Crippen molar-refractivity contribution >= 4 is 60.1 Å².